The molecule has 0 aliphatic rings. The molecule has 0 aliphatic carbocycles. The summed E-state index contributed by atoms with van der Waals surface area (Å²) in [5, 5.41) is 4.85. The number of carbonyl (C=O) groups is 2. The molecule has 31 heavy (non-hydrogen) atoms. The summed E-state index contributed by atoms with van der Waals surface area (Å²) in [4.78, 5) is 24.9. The maximum atomic E-state index is 13.7. The number of carbonyl (C=O) groups excluding carboxylic acids is 2. The fourth-order valence-corrected chi connectivity index (χ4v) is 3.35. The highest BCUT2D eigenvalue weighted by molar-refractivity contribution is 8.00. The lowest BCUT2D eigenvalue weighted by atomic mass is 10.1. The molecule has 0 saturated heterocycles. The lowest BCUT2D eigenvalue weighted by Gasteiger charge is -2.13. The molecule has 0 aromatic heterocycles. The Morgan fingerprint density at radius 1 is 0.839 bits per heavy atom. The zero-order valence-corrected chi connectivity index (χ0v) is 16.7. The van der Waals surface area contributed by atoms with Crippen molar-refractivity contribution in [2.45, 2.75) is 11.1 Å². The first-order valence-electron chi connectivity index (χ1n) is 8.99. The van der Waals surface area contributed by atoms with Crippen LogP contribution in [0, 0.1) is 5.82 Å². The molecule has 2 amide bonds. The van der Waals surface area contributed by atoms with Gasteiger partial charge in [-0.15, -0.1) is 11.8 Å². The van der Waals surface area contributed by atoms with Gasteiger partial charge in [-0.1, -0.05) is 24.3 Å². The van der Waals surface area contributed by atoms with E-state index >= 15 is 0 Å². The Hall–Kier alpha value is -3.33. The average Bonchev–Trinajstić information content (AvgIpc) is 2.73. The Morgan fingerprint density at radius 3 is 2.16 bits per heavy atom. The quantitative estimate of drug-likeness (QED) is 0.369. The summed E-state index contributed by atoms with van der Waals surface area (Å²) in [6, 6.07) is 16.8. The van der Waals surface area contributed by atoms with Crippen molar-refractivity contribution in [3.05, 3.63) is 89.7 Å². The smallest absolute Gasteiger partial charge is 0.325 e. The molecule has 3 rings (SSSR count). The SMILES string of the molecule is O=C(CSc1ccc(NC(=O)c2ccccc2F)cc1)Nc1ccccc1C(F)(F)F. The van der Waals surface area contributed by atoms with Gasteiger partial charge in [0.05, 0.1) is 22.6 Å². The second kappa shape index (κ2) is 9.65. The van der Waals surface area contributed by atoms with Crippen LogP contribution in [0.25, 0.3) is 0 Å². The summed E-state index contributed by atoms with van der Waals surface area (Å²) >= 11 is 1.12. The van der Waals surface area contributed by atoms with E-state index in [1.807, 2.05) is 0 Å². The molecule has 3 aromatic carbocycles. The first-order chi connectivity index (χ1) is 14.7. The maximum absolute atomic E-state index is 13.7. The third-order valence-electron chi connectivity index (χ3n) is 4.11. The number of hydrogen-bond donors (Lipinski definition) is 2. The fourth-order valence-electron chi connectivity index (χ4n) is 2.65. The summed E-state index contributed by atoms with van der Waals surface area (Å²) in [5.41, 5.74) is -0.868. The molecular formula is C22H16F4N2O2S. The summed E-state index contributed by atoms with van der Waals surface area (Å²) in [6.07, 6.45) is -4.57. The fraction of sp³-hybridized carbons (Fsp3) is 0.0909. The van der Waals surface area contributed by atoms with Gasteiger partial charge in [0.2, 0.25) is 5.91 Å². The van der Waals surface area contributed by atoms with Gasteiger partial charge in [-0.2, -0.15) is 13.2 Å². The van der Waals surface area contributed by atoms with Crippen LogP contribution in [-0.2, 0) is 11.0 Å². The van der Waals surface area contributed by atoms with E-state index in [0.717, 1.165) is 17.8 Å². The molecule has 2 N–H and O–H groups in total. The van der Waals surface area contributed by atoms with Gasteiger partial charge in [0.25, 0.3) is 5.91 Å². The topological polar surface area (TPSA) is 58.2 Å². The number of rotatable bonds is 6. The second-order valence-corrected chi connectivity index (χ2v) is 7.39. The Kier molecular flexibility index (Phi) is 6.96. The van der Waals surface area contributed by atoms with E-state index in [0.29, 0.717) is 10.6 Å². The highest BCUT2D eigenvalue weighted by atomic mass is 32.2. The molecular weight excluding hydrogens is 432 g/mol. The van der Waals surface area contributed by atoms with Crippen LogP contribution in [0.2, 0.25) is 0 Å². The van der Waals surface area contributed by atoms with Gasteiger partial charge in [-0.3, -0.25) is 9.59 Å². The van der Waals surface area contributed by atoms with Crippen LogP contribution in [0.15, 0.2) is 77.7 Å². The van der Waals surface area contributed by atoms with Crippen molar-refractivity contribution < 1.29 is 27.2 Å². The largest absolute Gasteiger partial charge is 0.418 e. The minimum absolute atomic E-state index is 0.0863. The van der Waals surface area contributed by atoms with Crippen molar-refractivity contribution in [1.82, 2.24) is 0 Å². The molecule has 0 saturated carbocycles. The van der Waals surface area contributed by atoms with Crippen molar-refractivity contribution in [2.75, 3.05) is 16.4 Å². The zero-order chi connectivity index (χ0) is 22.4. The number of nitrogens with one attached hydrogen (secondary N) is 2. The normalized spacial score (nSPS) is 11.1. The monoisotopic (exact) mass is 448 g/mol. The summed E-state index contributed by atoms with van der Waals surface area (Å²) in [6.45, 7) is 0. The van der Waals surface area contributed by atoms with Crippen molar-refractivity contribution in [1.29, 1.82) is 0 Å². The number of para-hydroxylation sites is 1. The van der Waals surface area contributed by atoms with Crippen molar-refractivity contribution in [3.8, 4) is 0 Å². The van der Waals surface area contributed by atoms with Crippen molar-refractivity contribution >= 4 is 35.0 Å². The minimum atomic E-state index is -4.57. The van der Waals surface area contributed by atoms with Crippen LogP contribution < -0.4 is 10.6 Å². The van der Waals surface area contributed by atoms with E-state index in [2.05, 4.69) is 10.6 Å². The van der Waals surface area contributed by atoms with Gasteiger partial charge in [-0.25, -0.2) is 4.39 Å². The van der Waals surface area contributed by atoms with Gasteiger partial charge in [0, 0.05) is 10.6 Å². The molecule has 0 aliphatic heterocycles. The van der Waals surface area contributed by atoms with Crippen molar-refractivity contribution in [2.24, 2.45) is 0 Å². The highest BCUT2D eigenvalue weighted by Gasteiger charge is 2.33. The number of anilines is 2. The molecule has 0 radical (unpaired) electrons. The van der Waals surface area contributed by atoms with E-state index in [1.54, 1.807) is 30.3 Å². The third kappa shape index (κ3) is 6.08. The van der Waals surface area contributed by atoms with Gasteiger partial charge in [0.15, 0.2) is 0 Å². The molecule has 0 bridgehead atoms. The Balaban J connectivity index is 1.56. The Morgan fingerprint density at radius 2 is 1.48 bits per heavy atom. The number of thioether (sulfide) groups is 1. The third-order valence-corrected chi connectivity index (χ3v) is 5.12. The number of alkyl halides is 3. The zero-order valence-electron chi connectivity index (χ0n) is 15.9. The van der Waals surface area contributed by atoms with Crippen LogP contribution in [0.5, 0.6) is 0 Å². The van der Waals surface area contributed by atoms with Gasteiger partial charge >= 0.3 is 6.18 Å². The van der Waals surface area contributed by atoms with E-state index < -0.39 is 29.4 Å². The first-order valence-corrected chi connectivity index (χ1v) is 9.97. The number of halogens is 4. The summed E-state index contributed by atoms with van der Waals surface area (Å²) in [7, 11) is 0. The molecule has 4 nitrogen and oxygen atoms in total. The lowest BCUT2D eigenvalue weighted by molar-refractivity contribution is -0.137. The molecule has 0 spiro atoms. The number of amides is 2. The van der Waals surface area contributed by atoms with Gasteiger partial charge in [0.1, 0.15) is 5.82 Å². The second-order valence-electron chi connectivity index (χ2n) is 6.34. The number of benzene rings is 3. The van der Waals surface area contributed by atoms with Crippen LogP contribution in [0.1, 0.15) is 15.9 Å². The standard InChI is InChI=1S/C22H16F4N2O2S/c23-18-7-3-1-5-16(18)21(30)27-14-9-11-15(12-10-14)31-13-20(29)28-19-8-4-2-6-17(19)22(24,25)26/h1-12H,13H2,(H,27,30)(H,28,29). The summed E-state index contributed by atoms with van der Waals surface area (Å²) in [5.74, 6) is -1.92. The maximum Gasteiger partial charge on any atom is 0.418 e. The molecule has 0 fully saturated rings. The van der Waals surface area contributed by atoms with E-state index in [4.69, 9.17) is 0 Å². The average molecular weight is 448 g/mol. The molecule has 3 aromatic rings. The minimum Gasteiger partial charge on any atom is -0.325 e. The lowest BCUT2D eigenvalue weighted by Crippen LogP contribution is -2.18. The van der Waals surface area contributed by atoms with Crippen LogP contribution in [0.3, 0.4) is 0 Å². The van der Waals surface area contributed by atoms with E-state index in [9.17, 15) is 27.2 Å². The van der Waals surface area contributed by atoms with E-state index in [1.165, 1.54) is 36.4 Å². The number of hydrogen-bond acceptors (Lipinski definition) is 3. The molecule has 0 unspecified atom stereocenters. The molecule has 9 heteroatoms. The molecule has 0 heterocycles. The Labute approximate surface area is 179 Å². The molecule has 0 atom stereocenters. The van der Waals surface area contributed by atoms with Crippen LogP contribution in [-0.4, -0.2) is 17.6 Å². The van der Waals surface area contributed by atoms with Crippen molar-refractivity contribution in [3.63, 3.8) is 0 Å². The Bertz CT molecular complexity index is 1090. The predicted octanol–water partition coefficient (Wildman–Crippen LogP) is 5.83. The highest BCUT2D eigenvalue weighted by Crippen LogP contribution is 2.34. The van der Waals surface area contributed by atoms with Gasteiger partial charge in [-0.05, 0) is 48.5 Å². The van der Waals surface area contributed by atoms with Crippen LogP contribution >= 0.6 is 11.8 Å². The molecule has 160 valence electrons. The predicted molar refractivity (Wildman–Crippen MR) is 112 cm³/mol. The summed E-state index contributed by atoms with van der Waals surface area (Å²) < 4.78 is 52.7. The van der Waals surface area contributed by atoms with Crippen LogP contribution in [0.4, 0.5) is 28.9 Å². The van der Waals surface area contributed by atoms with E-state index in [-0.39, 0.29) is 17.0 Å². The first kappa shape index (κ1) is 22.4. The van der Waals surface area contributed by atoms with Gasteiger partial charge < -0.3 is 10.6 Å².